The molecular formula is C29H39N3O3. The monoisotopic (exact) mass is 477 g/mol. The Balaban J connectivity index is 1.68. The summed E-state index contributed by atoms with van der Waals surface area (Å²) in [6, 6.07) is 13.8. The topological polar surface area (TPSA) is 61.9 Å². The maximum Gasteiger partial charge on any atom is 0.237 e. The van der Waals surface area contributed by atoms with Gasteiger partial charge in [0.05, 0.1) is 6.04 Å². The zero-order valence-corrected chi connectivity index (χ0v) is 21.2. The summed E-state index contributed by atoms with van der Waals surface area (Å²) in [4.78, 5) is 28.7. The number of allylic oxidation sites excluding steroid dienone is 1. The van der Waals surface area contributed by atoms with Crippen LogP contribution in [-0.4, -0.2) is 55.2 Å². The predicted molar refractivity (Wildman–Crippen MR) is 140 cm³/mol. The number of ether oxygens (including phenoxy) is 1. The molecule has 6 heteroatoms. The molecule has 2 aromatic rings. The van der Waals surface area contributed by atoms with Gasteiger partial charge in [-0.1, -0.05) is 48.9 Å². The van der Waals surface area contributed by atoms with E-state index in [1.54, 1.807) is 13.1 Å². The van der Waals surface area contributed by atoms with E-state index in [9.17, 15) is 9.59 Å². The zero-order valence-electron chi connectivity index (χ0n) is 21.2. The molecule has 188 valence electrons. The molecule has 35 heavy (non-hydrogen) atoms. The number of nitrogens with zero attached hydrogens (tertiary/aromatic N) is 2. The molecule has 0 aromatic heterocycles. The number of aldehydes is 1. The SMILES string of the molecule is C=CCCC(C(=O)NC)N(C)Cc1c(C=O)cccc1OCc1ccc(CN2CCCCC2)cc1. The first-order valence-electron chi connectivity index (χ1n) is 12.6. The molecule has 3 rings (SSSR count). The molecule has 1 aliphatic rings. The molecule has 0 aliphatic carbocycles. The van der Waals surface area contributed by atoms with Crippen molar-refractivity contribution in [3.05, 3.63) is 77.4 Å². The summed E-state index contributed by atoms with van der Waals surface area (Å²) >= 11 is 0. The van der Waals surface area contributed by atoms with Gasteiger partial charge in [0.2, 0.25) is 5.91 Å². The summed E-state index contributed by atoms with van der Waals surface area (Å²) in [5.41, 5.74) is 3.77. The van der Waals surface area contributed by atoms with E-state index >= 15 is 0 Å². The Bertz CT molecular complexity index is 968. The average molecular weight is 478 g/mol. The summed E-state index contributed by atoms with van der Waals surface area (Å²) in [6.07, 6.45) is 7.98. The Morgan fingerprint density at radius 3 is 2.51 bits per heavy atom. The maximum absolute atomic E-state index is 12.5. The number of likely N-dealkylation sites (N-methyl/N-ethyl adjacent to an activating group) is 2. The highest BCUT2D eigenvalue weighted by molar-refractivity contribution is 5.81. The number of amides is 1. The number of hydrogen-bond acceptors (Lipinski definition) is 5. The standard InChI is InChI=1S/C29H39N3O3/c1-4-5-11-27(29(34)30-2)31(3)20-26-25(21-33)10-9-12-28(26)35-22-24-15-13-23(14-16-24)19-32-17-7-6-8-18-32/h4,9-10,12-16,21,27H,1,5-8,11,17-20,22H2,2-3H3,(H,30,34). The van der Waals surface area contributed by atoms with Gasteiger partial charge in [0, 0.05) is 31.3 Å². The van der Waals surface area contributed by atoms with Crippen LogP contribution in [0.25, 0.3) is 0 Å². The average Bonchev–Trinajstić information content (AvgIpc) is 2.89. The molecule has 0 bridgehead atoms. The summed E-state index contributed by atoms with van der Waals surface area (Å²) in [5.74, 6) is 0.614. The number of carbonyl (C=O) groups is 2. The van der Waals surface area contributed by atoms with Gasteiger partial charge in [0.1, 0.15) is 12.4 Å². The normalized spacial score (nSPS) is 14.9. The number of piperidine rings is 1. The van der Waals surface area contributed by atoms with Crippen LogP contribution in [-0.2, 0) is 24.5 Å². The van der Waals surface area contributed by atoms with Crippen LogP contribution in [0, 0.1) is 0 Å². The van der Waals surface area contributed by atoms with Gasteiger partial charge in [-0.05, 0) is 63.0 Å². The smallest absolute Gasteiger partial charge is 0.237 e. The van der Waals surface area contributed by atoms with Gasteiger partial charge in [0.15, 0.2) is 6.29 Å². The molecule has 1 unspecified atom stereocenters. The van der Waals surface area contributed by atoms with E-state index in [2.05, 4.69) is 41.1 Å². The summed E-state index contributed by atoms with van der Waals surface area (Å²) in [7, 11) is 3.54. The second-order valence-corrected chi connectivity index (χ2v) is 9.29. The van der Waals surface area contributed by atoms with Crippen molar-refractivity contribution in [3.63, 3.8) is 0 Å². The van der Waals surface area contributed by atoms with Gasteiger partial charge >= 0.3 is 0 Å². The first-order chi connectivity index (χ1) is 17.0. The molecule has 1 aliphatic heterocycles. The van der Waals surface area contributed by atoms with Gasteiger partial charge in [-0.3, -0.25) is 19.4 Å². The predicted octanol–water partition coefficient (Wildman–Crippen LogP) is 4.58. The molecule has 1 N–H and O–H groups in total. The fourth-order valence-electron chi connectivity index (χ4n) is 4.63. The van der Waals surface area contributed by atoms with Crippen molar-refractivity contribution >= 4 is 12.2 Å². The molecular weight excluding hydrogens is 438 g/mol. The van der Waals surface area contributed by atoms with Gasteiger partial charge in [0.25, 0.3) is 0 Å². The number of likely N-dealkylation sites (tertiary alicyclic amines) is 1. The van der Waals surface area contributed by atoms with Crippen LogP contribution >= 0.6 is 0 Å². The van der Waals surface area contributed by atoms with Crippen LogP contribution in [0.4, 0.5) is 0 Å². The molecule has 0 spiro atoms. The van der Waals surface area contributed by atoms with Crippen molar-refractivity contribution < 1.29 is 14.3 Å². The summed E-state index contributed by atoms with van der Waals surface area (Å²) in [5, 5.41) is 2.74. The van der Waals surface area contributed by atoms with Crippen LogP contribution in [0.2, 0.25) is 0 Å². The third-order valence-corrected chi connectivity index (χ3v) is 6.70. The Labute approximate surface area is 210 Å². The van der Waals surface area contributed by atoms with E-state index in [1.807, 2.05) is 30.2 Å². The van der Waals surface area contributed by atoms with Gasteiger partial charge < -0.3 is 10.1 Å². The molecule has 1 atom stereocenters. The van der Waals surface area contributed by atoms with Crippen LogP contribution < -0.4 is 10.1 Å². The Morgan fingerprint density at radius 2 is 1.86 bits per heavy atom. The van der Waals surface area contributed by atoms with E-state index in [1.165, 1.54) is 37.9 Å². The number of carbonyl (C=O) groups excluding carboxylic acids is 2. The second-order valence-electron chi connectivity index (χ2n) is 9.29. The highest BCUT2D eigenvalue weighted by atomic mass is 16.5. The second kappa shape index (κ2) is 13.8. The minimum Gasteiger partial charge on any atom is -0.489 e. The molecule has 0 radical (unpaired) electrons. The van der Waals surface area contributed by atoms with Gasteiger partial charge in [-0.25, -0.2) is 0 Å². The van der Waals surface area contributed by atoms with E-state index in [-0.39, 0.29) is 11.9 Å². The van der Waals surface area contributed by atoms with Gasteiger partial charge in [-0.2, -0.15) is 0 Å². The summed E-state index contributed by atoms with van der Waals surface area (Å²) in [6.45, 7) is 7.98. The van der Waals surface area contributed by atoms with E-state index in [0.29, 0.717) is 30.9 Å². The van der Waals surface area contributed by atoms with Crippen molar-refractivity contribution in [2.75, 3.05) is 27.2 Å². The fourth-order valence-corrected chi connectivity index (χ4v) is 4.63. The molecule has 1 heterocycles. The Kier molecular flexibility index (Phi) is 10.5. The lowest BCUT2D eigenvalue weighted by Gasteiger charge is -2.27. The summed E-state index contributed by atoms with van der Waals surface area (Å²) < 4.78 is 6.19. The molecule has 1 fully saturated rings. The van der Waals surface area contributed by atoms with Crippen LogP contribution in [0.15, 0.2) is 55.1 Å². The molecule has 2 aromatic carbocycles. The van der Waals surface area contributed by atoms with Crippen molar-refractivity contribution in [2.45, 2.75) is 57.8 Å². The van der Waals surface area contributed by atoms with E-state index < -0.39 is 0 Å². The van der Waals surface area contributed by atoms with Crippen molar-refractivity contribution in [3.8, 4) is 5.75 Å². The first kappa shape index (κ1) is 26.6. The molecule has 1 amide bonds. The van der Waals surface area contributed by atoms with Crippen molar-refractivity contribution in [2.24, 2.45) is 0 Å². The Morgan fingerprint density at radius 1 is 1.14 bits per heavy atom. The fraction of sp³-hybridized carbons (Fsp3) is 0.448. The first-order valence-corrected chi connectivity index (χ1v) is 12.6. The van der Waals surface area contributed by atoms with Crippen LogP contribution in [0.1, 0.15) is 59.2 Å². The number of rotatable bonds is 13. The Hall–Kier alpha value is -2.96. The highest BCUT2D eigenvalue weighted by Gasteiger charge is 2.23. The van der Waals surface area contributed by atoms with E-state index in [0.717, 1.165) is 30.4 Å². The molecule has 1 saturated heterocycles. The minimum atomic E-state index is -0.321. The molecule has 6 nitrogen and oxygen atoms in total. The molecule has 0 saturated carbocycles. The lowest BCUT2D eigenvalue weighted by Crippen LogP contribution is -2.43. The third-order valence-electron chi connectivity index (χ3n) is 6.70. The largest absolute Gasteiger partial charge is 0.489 e. The maximum atomic E-state index is 12.5. The van der Waals surface area contributed by atoms with Gasteiger partial charge in [-0.15, -0.1) is 6.58 Å². The zero-order chi connectivity index (χ0) is 25.0. The lowest BCUT2D eigenvalue weighted by atomic mass is 10.0. The third kappa shape index (κ3) is 7.77. The van der Waals surface area contributed by atoms with E-state index in [4.69, 9.17) is 4.74 Å². The lowest BCUT2D eigenvalue weighted by molar-refractivity contribution is -0.125. The van der Waals surface area contributed by atoms with Crippen molar-refractivity contribution in [1.29, 1.82) is 0 Å². The highest BCUT2D eigenvalue weighted by Crippen LogP contribution is 2.26. The number of benzene rings is 2. The van der Waals surface area contributed by atoms with Crippen molar-refractivity contribution in [1.82, 2.24) is 15.1 Å². The quantitative estimate of drug-likeness (QED) is 0.338. The number of hydrogen-bond donors (Lipinski definition) is 1. The number of nitrogens with one attached hydrogen (secondary N) is 1. The van der Waals surface area contributed by atoms with Crippen LogP contribution in [0.5, 0.6) is 5.75 Å². The minimum absolute atomic E-state index is 0.0509. The van der Waals surface area contributed by atoms with Crippen LogP contribution in [0.3, 0.4) is 0 Å².